The molecule has 8 heteroatoms. The van der Waals surface area contributed by atoms with Gasteiger partial charge in [-0.15, -0.1) is 0 Å². The van der Waals surface area contributed by atoms with Crippen LogP contribution in [0.25, 0.3) is 0 Å². The van der Waals surface area contributed by atoms with Crippen LogP contribution in [0.2, 0.25) is 0 Å². The summed E-state index contributed by atoms with van der Waals surface area (Å²) in [6.07, 6.45) is 0. The molecular formula is C6H2BrI5O2. The van der Waals surface area contributed by atoms with Gasteiger partial charge in [-0.25, -0.2) is 4.79 Å². The van der Waals surface area contributed by atoms with Gasteiger partial charge in [-0.05, 0) is 129 Å². The summed E-state index contributed by atoms with van der Waals surface area (Å²) < 4.78 is 8.55. The van der Waals surface area contributed by atoms with Gasteiger partial charge in [0.1, 0.15) is 10.2 Å². The minimum Gasteiger partial charge on any atom is -0.456 e. The summed E-state index contributed by atoms with van der Waals surface area (Å²) in [6.45, 7) is 0.315. The van der Waals surface area contributed by atoms with Crippen molar-refractivity contribution < 1.29 is 9.53 Å². The van der Waals surface area contributed by atoms with Gasteiger partial charge in [0.15, 0.2) is 0 Å². The third-order valence-corrected chi connectivity index (χ3v) is 8.76. The molecule has 0 atom stereocenters. The van der Waals surface area contributed by atoms with Crippen LogP contribution in [0.1, 0.15) is 0 Å². The Labute approximate surface area is 159 Å². The molecule has 2 nitrogen and oxygen atoms in total. The Balaban J connectivity index is 4.26. The second-order valence-electron chi connectivity index (χ2n) is 1.82. The van der Waals surface area contributed by atoms with Crippen LogP contribution in [0.5, 0.6) is 0 Å². The fourth-order valence-corrected chi connectivity index (χ4v) is 1.35. The van der Waals surface area contributed by atoms with E-state index >= 15 is 0 Å². The SMILES string of the molecule is O=C(OCC(I)=C(Br)I)C(I)=C(I)I. The Hall–Kier alpha value is 3.08. The molecule has 0 aliphatic rings. The zero-order chi connectivity index (χ0) is 11.3. The number of halogens is 6. The first-order valence-electron chi connectivity index (χ1n) is 2.93. The molecule has 0 aliphatic carbocycles. The van der Waals surface area contributed by atoms with Crippen molar-refractivity contribution in [3.05, 3.63) is 11.2 Å². The van der Waals surface area contributed by atoms with Gasteiger partial charge in [-0.1, -0.05) is 0 Å². The highest BCUT2D eigenvalue weighted by atomic mass is 127. The van der Waals surface area contributed by atoms with Gasteiger partial charge < -0.3 is 4.74 Å². The molecule has 0 rings (SSSR count). The molecule has 0 saturated heterocycles. The van der Waals surface area contributed by atoms with Crippen molar-refractivity contribution in [2.45, 2.75) is 0 Å². The number of hydrogen-bond donors (Lipinski definition) is 0. The molecule has 0 radical (unpaired) electrons. The van der Waals surface area contributed by atoms with Crippen LogP contribution >= 0.6 is 129 Å². The van der Waals surface area contributed by atoms with Crippen LogP contribution < -0.4 is 0 Å². The zero-order valence-electron chi connectivity index (χ0n) is 6.29. The van der Waals surface area contributed by atoms with Crippen molar-refractivity contribution in [2.24, 2.45) is 0 Å². The molecule has 0 aromatic heterocycles. The van der Waals surface area contributed by atoms with Gasteiger partial charge in [-0.2, -0.15) is 0 Å². The van der Waals surface area contributed by atoms with E-state index in [1.807, 2.05) is 22.6 Å². The average molecular weight is 821 g/mol. The predicted octanol–water partition coefficient (Wildman–Crippen LogP) is 5.44. The molecule has 14 heavy (non-hydrogen) atoms. The third-order valence-electron chi connectivity index (χ3n) is 0.880. The Morgan fingerprint density at radius 3 is 2.00 bits per heavy atom. The number of hydrogen-bond acceptors (Lipinski definition) is 2. The normalized spacial score (nSPS) is 11.9. The standard InChI is InChI=1S/C6H2BrI5O2/c7-4(10)2(8)1-14-6(13)3(9)5(11)12/h1H2. The second-order valence-corrected chi connectivity index (χ2v) is 11.8. The lowest BCUT2D eigenvalue weighted by Gasteiger charge is -2.03. The van der Waals surface area contributed by atoms with Crippen LogP contribution in [0.4, 0.5) is 0 Å². The Morgan fingerprint density at radius 1 is 1.14 bits per heavy atom. The summed E-state index contributed by atoms with van der Waals surface area (Å²) in [7, 11) is 0. The van der Waals surface area contributed by atoms with E-state index in [9.17, 15) is 4.79 Å². The molecule has 0 saturated carbocycles. The molecule has 0 fully saturated rings. The molecule has 0 spiro atoms. The maximum Gasteiger partial charge on any atom is 0.346 e. The minimum absolute atomic E-state index is 0.274. The highest BCUT2D eigenvalue weighted by Gasteiger charge is 2.11. The number of esters is 1. The Bertz CT molecular complexity index is 291. The van der Waals surface area contributed by atoms with Gasteiger partial charge >= 0.3 is 5.97 Å². The van der Waals surface area contributed by atoms with Gasteiger partial charge in [0, 0.05) is 3.58 Å². The zero-order valence-corrected chi connectivity index (χ0v) is 18.7. The summed E-state index contributed by atoms with van der Waals surface area (Å²) in [5.74, 6) is -0.274. The largest absolute Gasteiger partial charge is 0.456 e. The fraction of sp³-hybridized carbons (Fsp3) is 0.167. The Morgan fingerprint density at radius 2 is 1.64 bits per heavy atom. The van der Waals surface area contributed by atoms with E-state index in [0.29, 0.717) is 10.2 Å². The van der Waals surface area contributed by atoms with Crippen LogP contribution in [0.3, 0.4) is 0 Å². The van der Waals surface area contributed by atoms with Gasteiger partial charge in [0.2, 0.25) is 0 Å². The molecular weight excluding hydrogens is 818 g/mol. The first-order chi connectivity index (χ1) is 6.36. The number of carbonyl (C=O) groups is 1. The van der Waals surface area contributed by atoms with Crippen molar-refractivity contribution in [2.75, 3.05) is 6.61 Å². The van der Waals surface area contributed by atoms with Crippen molar-refractivity contribution in [3.63, 3.8) is 0 Å². The highest BCUT2D eigenvalue weighted by Crippen LogP contribution is 2.28. The summed E-state index contributed by atoms with van der Waals surface area (Å²) in [4.78, 5) is 11.4. The van der Waals surface area contributed by atoms with Crippen LogP contribution in [-0.4, -0.2) is 12.6 Å². The monoisotopic (exact) mass is 819 g/mol. The maximum absolute atomic E-state index is 11.4. The first kappa shape index (κ1) is 17.1. The molecule has 80 valence electrons. The Kier molecular flexibility index (Phi) is 11.1. The summed E-state index contributed by atoms with van der Waals surface area (Å²) in [5, 5.41) is 0. The topological polar surface area (TPSA) is 26.3 Å². The van der Waals surface area contributed by atoms with Gasteiger partial charge in [0.05, 0.1) is 4.08 Å². The lowest BCUT2D eigenvalue weighted by molar-refractivity contribution is -0.136. The summed E-state index contributed by atoms with van der Waals surface area (Å²) >= 11 is 13.7. The smallest absolute Gasteiger partial charge is 0.346 e. The van der Waals surface area contributed by atoms with E-state index in [1.54, 1.807) is 0 Å². The van der Waals surface area contributed by atoms with Crippen LogP contribution in [-0.2, 0) is 9.53 Å². The summed E-state index contributed by atoms with van der Waals surface area (Å²) in [6, 6.07) is 0. The van der Waals surface area contributed by atoms with Crippen LogP contribution in [0.15, 0.2) is 11.2 Å². The third kappa shape index (κ3) is 7.41. The first-order valence-corrected chi connectivity index (χ1v) is 9.12. The molecule has 0 amide bonds. The lowest BCUT2D eigenvalue weighted by atomic mass is 10.6. The second kappa shape index (κ2) is 9.07. The molecule has 0 bridgehead atoms. The molecule has 0 aromatic rings. The number of ether oxygens (including phenoxy) is 1. The van der Waals surface area contributed by atoms with Crippen molar-refractivity contribution in [3.8, 4) is 0 Å². The quantitative estimate of drug-likeness (QED) is 0.216. The fourth-order valence-electron chi connectivity index (χ4n) is 0.324. The average Bonchev–Trinajstić information content (AvgIpc) is 2.11. The van der Waals surface area contributed by atoms with Gasteiger partial charge in [0.25, 0.3) is 0 Å². The predicted molar refractivity (Wildman–Crippen MR) is 104 cm³/mol. The van der Waals surface area contributed by atoms with E-state index in [0.717, 1.165) is 7.66 Å². The van der Waals surface area contributed by atoms with Crippen molar-refractivity contribution in [1.29, 1.82) is 0 Å². The minimum atomic E-state index is -0.274. The molecule has 0 aromatic carbocycles. The van der Waals surface area contributed by atoms with Crippen molar-refractivity contribution in [1.82, 2.24) is 0 Å². The number of carbonyl (C=O) groups excluding carboxylic acids is 1. The van der Waals surface area contributed by atoms with Crippen LogP contribution in [0, 0.1) is 0 Å². The van der Waals surface area contributed by atoms with E-state index in [4.69, 9.17) is 4.74 Å². The maximum atomic E-state index is 11.4. The molecule has 0 aliphatic heterocycles. The van der Waals surface area contributed by atoms with Crippen molar-refractivity contribution >= 4 is 135 Å². The van der Waals surface area contributed by atoms with Gasteiger partial charge in [-0.3, -0.25) is 0 Å². The van der Waals surface area contributed by atoms with E-state index in [1.165, 1.54) is 0 Å². The summed E-state index contributed by atoms with van der Waals surface area (Å²) in [5.41, 5.74) is 0. The van der Waals surface area contributed by atoms with E-state index < -0.39 is 0 Å². The molecule has 0 heterocycles. The van der Waals surface area contributed by atoms with E-state index in [2.05, 4.69) is 106 Å². The van der Waals surface area contributed by atoms with E-state index in [-0.39, 0.29) is 5.97 Å². The number of rotatable bonds is 3. The molecule has 0 unspecified atom stereocenters. The highest BCUT2D eigenvalue weighted by molar-refractivity contribution is 14.2. The lowest BCUT2D eigenvalue weighted by Crippen LogP contribution is -2.05. The molecule has 0 N–H and O–H groups in total.